The molecular weight excluding hydrogens is 182 g/mol. The molecule has 82 valence electrons. The first-order chi connectivity index (χ1) is 6.77. The Labute approximate surface area is 84.6 Å². The second-order valence-corrected chi connectivity index (χ2v) is 3.46. The summed E-state index contributed by atoms with van der Waals surface area (Å²) in [5, 5.41) is 3.22. The van der Waals surface area contributed by atoms with Crippen LogP contribution in [0.15, 0.2) is 0 Å². The van der Waals surface area contributed by atoms with Gasteiger partial charge in [0.15, 0.2) is 0 Å². The lowest BCUT2D eigenvalue weighted by molar-refractivity contribution is 0.0570. The summed E-state index contributed by atoms with van der Waals surface area (Å²) < 4.78 is 4.87. The molecule has 1 fully saturated rings. The van der Waals surface area contributed by atoms with Crippen molar-refractivity contribution in [2.75, 3.05) is 39.3 Å². The molecule has 0 aromatic heterocycles. The molecule has 0 aliphatic carbocycles. The molecule has 0 bridgehead atoms. The first kappa shape index (κ1) is 11.3. The molecule has 1 saturated heterocycles. The fourth-order valence-corrected chi connectivity index (χ4v) is 1.47. The van der Waals surface area contributed by atoms with Crippen LogP contribution in [-0.4, -0.2) is 50.3 Å². The van der Waals surface area contributed by atoms with E-state index in [1.165, 1.54) is 0 Å². The standard InChI is InChI=1S/C9H19N3O2/c1-2-14-9(13)12-6-8(7-12)5-11-4-3-10/h8,11H,2-7,10H2,1H3. The summed E-state index contributed by atoms with van der Waals surface area (Å²) in [6.07, 6.45) is -0.192. The molecule has 1 heterocycles. The van der Waals surface area contributed by atoms with Crippen LogP contribution in [0.5, 0.6) is 0 Å². The summed E-state index contributed by atoms with van der Waals surface area (Å²) >= 11 is 0. The number of hydrogen-bond donors (Lipinski definition) is 2. The van der Waals surface area contributed by atoms with Gasteiger partial charge < -0.3 is 20.7 Å². The summed E-state index contributed by atoms with van der Waals surface area (Å²) in [5.41, 5.74) is 5.34. The Morgan fingerprint density at radius 3 is 2.93 bits per heavy atom. The molecule has 3 N–H and O–H groups in total. The van der Waals surface area contributed by atoms with E-state index in [1.807, 2.05) is 6.92 Å². The van der Waals surface area contributed by atoms with Crippen molar-refractivity contribution in [1.29, 1.82) is 0 Å². The number of nitrogens with zero attached hydrogens (tertiary/aromatic N) is 1. The molecule has 1 aliphatic heterocycles. The number of hydrogen-bond acceptors (Lipinski definition) is 4. The van der Waals surface area contributed by atoms with Crippen molar-refractivity contribution in [3.05, 3.63) is 0 Å². The minimum absolute atomic E-state index is 0.192. The van der Waals surface area contributed by atoms with Crippen molar-refractivity contribution in [3.8, 4) is 0 Å². The lowest BCUT2D eigenvalue weighted by Gasteiger charge is -2.38. The van der Waals surface area contributed by atoms with E-state index in [2.05, 4.69) is 5.32 Å². The number of nitrogens with two attached hydrogens (primary N) is 1. The van der Waals surface area contributed by atoms with Crippen LogP contribution in [0.2, 0.25) is 0 Å². The van der Waals surface area contributed by atoms with E-state index in [0.29, 0.717) is 19.1 Å². The second-order valence-electron chi connectivity index (χ2n) is 3.46. The molecule has 1 amide bonds. The third-order valence-electron chi connectivity index (χ3n) is 2.24. The largest absolute Gasteiger partial charge is 0.450 e. The molecule has 0 aromatic carbocycles. The third-order valence-corrected chi connectivity index (χ3v) is 2.24. The van der Waals surface area contributed by atoms with Crippen molar-refractivity contribution in [1.82, 2.24) is 10.2 Å². The molecule has 0 atom stereocenters. The van der Waals surface area contributed by atoms with Crippen molar-refractivity contribution in [2.45, 2.75) is 6.92 Å². The van der Waals surface area contributed by atoms with Crippen LogP contribution in [0.1, 0.15) is 6.92 Å². The Morgan fingerprint density at radius 2 is 2.36 bits per heavy atom. The summed E-state index contributed by atoms with van der Waals surface area (Å²) in [6.45, 7) is 6.31. The SMILES string of the molecule is CCOC(=O)N1CC(CNCCN)C1. The van der Waals surface area contributed by atoms with Crippen LogP contribution in [0.25, 0.3) is 0 Å². The number of carbonyl (C=O) groups is 1. The lowest BCUT2D eigenvalue weighted by Crippen LogP contribution is -2.53. The highest BCUT2D eigenvalue weighted by Crippen LogP contribution is 2.15. The average Bonchev–Trinajstić information content (AvgIpc) is 2.09. The molecular formula is C9H19N3O2. The van der Waals surface area contributed by atoms with Crippen LogP contribution in [0, 0.1) is 5.92 Å². The highest BCUT2D eigenvalue weighted by Gasteiger charge is 2.30. The van der Waals surface area contributed by atoms with E-state index in [4.69, 9.17) is 10.5 Å². The minimum Gasteiger partial charge on any atom is -0.450 e. The zero-order chi connectivity index (χ0) is 10.4. The highest BCUT2D eigenvalue weighted by atomic mass is 16.6. The summed E-state index contributed by atoms with van der Waals surface area (Å²) in [6, 6.07) is 0. The Kier molecular flexibility index (Phi) is 4.69. The van der Waals surface area contributed by atoms with E-state index >= 15 is 0 Å². The van der Waals surface area contributed by atoms with Gasteiger partial charge in [0.1, 0.15) is 0 Å². The van der Waals surface area contributed by atoms with Gasteiger partial charge in [-0.1, -0.05) is 0 Å². The van der Waals surface area contributed by atoms with Crippen LogP contribution in [0.3, 0.4) is 0 Å². The van der Waals surface area contributed by atoms with Crippen molar-refractivity contribution >= 4 is 6.09 Å². The number of amides is 1. The van der Waals surface area contributed by atoms with Crippen molar-refractivity contribution in [2.24, 2.45) is 11.7 Å². The molecule has 1 rings (SSSR count). The molecule has 0 radical (unpaired) electrons. The average molecular weight is 201 g/mol. The topological polar surface area (TPSA) is 67.6 Å². The van der Waals surface area contributed by atoms with E-state index in [-0.39, 0.29) is 6.09 Å². The molecule has 0 unspecified atom stereocenters. The van der Waals surface area contributed by atoms with Crippen LogP contribution in [0.4, 0.5) is 4.79 Å². The molecule has 0 aromatic rings. The van der Waals surface area contributed by atoms with E-state index in [0.717, 1.165) is 26.2 Å². The van der Waals surface area contributed by atoms with Gasteiger partial charge in [-0.2, -0.15) is 0 Å². The Balaban J connectivity index is 2.02. The Bertz CT molecular complexity index is 181. The molecule has 0 saturated carbocycles. The van der Waals surface area contributed by atoms with Gasteiger partial charge in [0, 0.05) is 38.6 Å². The van der Waals surface area contributed by atoms with Gasteiger partial charge in [-0.05, 0) is 6.92 Å². The molecule has 5 heteroatoms. The van der Waals surface area contributed by atoms with Gasteiger partial charge in [0.05, 0.1) is 6.61 Å². The fraction of sp³-hybridized carbons (Fsp3) is 0.889. The van der Waals surface area contributed by atoms with E-state index in [1.54, 1.807) is 4.90 Å². The summed E-state index contributed by atoms with van der Waals surface area (Å²) in [5.74, 6) is 0.561. The summed E-state index contributed by atoms with van der Waals surface area (Å²) in [7, 11) is 0. The number of carbonyl (C=O) groups excluding carboxylic acids is 1. The molecule has 5 nitrogen and oxygen atoms in total. The number of rotatable bonds is 5. The molecule has 0 spiro atoms. The highest BCUT2D eigenvalue weighted by molar-refractivity contribution is 5.68. The zero-order valence-electron chi connectivity index (χ0n) is 8.66. The van der Waals surface area contributed by atoms with E-state index in [9.17, 15) is 4.79 Å². The monoisotopic (exact) mass is 201 g/mol. The maximum Gasteiger partial charge on any atom is 0.409 e. The van der Waals surface area contributed by atoms with E-state index < -0.39 is 0 Å². The van der Waals surface area contributed by atoms with Gasteiger partial charge in [0.2, 0.25) is 0 Å². The minimum atomic E-state index is -0.192. The zero-order valence-corrected chi connectivity index (χ0v) is 8.66. The van der Waals surface area contributed by atoms with Gasteiger partial charge in [-0.3, -0.25) is 0 Å². The predicted molar refractivity (Wildman–Crippen MR) is 54.0 cm³/mol. The number of ether oxygens (including phenoxy) is 1. The van der Waals surface area contributed by atoms with Gasteiger partial charge in [-0.25, -0.2) is 4.79 Å². The Morgan fingerprint density at radius 1 is 1.64 bits per heavy atom. The lowest BCUT2D eigenvalue weighted by atomic mass is 10.0. The normalized spacial score (nSPS) is 16.6. The van der Waals surface area contributed by atoms with Gasteiger partial charge >= 0.3 is 6.09 Å². The smallest absolute Gasteiger partial charge is 0.409 e. The number of likely N-dealkylation sites (tertiary alicyclic amines) is 1. The molecule has 14 heavy (non-hydrogen) atoms. The first-order valence-corrected chi connectivity index (χ1v) is 5.10. The predicted octanol–water partition coefficient (Wildman–Crippen LogP) is -0.377. The second kappa shape index (κ2) is 5.82. The third kappa shape index (κ3) is 3.16. The van der Waals surface area contributed by atoms with Gasteiger partial charge in [-0.15, -0.1) is 0 Å². The van der Waals surface area contributed by atoms with Crippen molar-refractivity contribution < 1.29 is 9.53 Å². The Hall–Kier alpha value is -0.810. The fourth-order valence-electron chi connectivity index (χ4n) is 1.47. The quantitative estimate of drug-likeness (QED) is 0.595. The number of nitrogens with one attached hydrogen (secondary N) is 1. The maximum absolute atomic E-state index is 11.2. The maximum atomic E-state index is 11.2. The van der Waals surface area contributed by atoms with Crippen LogP contribution < -0.4 is 11.1 Å². The van der Waals surface area contributed by atoms with Crippen molar-refractivity contribution in [3.63, 3.8) is 0 Å². The summed E-state index contributed by atoms with van der Waals surface area (Å²) in [4.78, 5) is 12.9. The first-order valence-electron chi connectivity index (χ1n) is 5.10. The van der Waals surface area contributed by atoms with Crippen LogP contribution >= 0.6 is 0 Å². The molecule has 1 aliphatic rings. The van der Waals surface area contributed by atoms with Gasteiger partial charge in [0.25, 0.3) is 0 Å². The van der Waals surface area contributed by atoms with Crippen LogP contribution in [-0.2, 0) is 4.74 Å².